The number of guanidine groups is 2. The number of amides is 2. The summed E-state index contributed by atoms with van der Waals surface area (Å²) in [6.07, 6.45) is 6.05. The highest BCUT2D eigenvalue weighted by molar-refractivity contribution is 5.91. The van der Waals surface area contributed by atoms with E-state index in [9.17, 15) is 19.5 Å². The summed E-state index contributed by atoms with van der Waals surface area (Å²) in [6, 6.07) is 0.685. The van der Waals surface area contributed by atoms with Gasteiger partial charge in [-0.1, -0.05) is 6.07 Å². The van der Waals surface area contributed by atoms with Crippen LogP contribution in [0.3, 0.4) is 0 Å². The molecule has 200 valence electrons. The van der Waals surface area contributed by atoms with Crippen molar-refractivity contribution in [3.8, 4) is 0 Å². The zero-order valence-electron chi connectivity index (χ0n) is 20.3. The van der Waals surface area contributed by atoms with Crippen LogP contribution in [0, 0.1) is 0 Å². The second kappa shape index (κ2) is 16.6. The van der Waals surface area contributed by atoms with Gasteiger partial charge in [-0.15, -0.1) is 0 Å². The Morgan fingerprint density at radius 2 is 1.47 bits per heavy atom. The molecule has 14 nitrogen and oxygen atoms in total. The molecule has 13 N–H and O–H groups in total. The minimum atomic E-state index is -1.20. The van der Waals surface area contributed by atoms with Crippen LogP contribution in [0.2, 0.25) is 0 Å². The molecular weight excluding hydrogens is 468 g/mol. The second-order valence-corrected chi connectivity index (χ2v) is 8.22. The van der Waals surface area contributed by atoms with Crippen LogP contribution in [0.4, 0.5) is 0 Å². The van der Waals surface area contributed by atoms with E-state index in [1.807, 2.05) is 12.1 Å². The number of carbonyl (C=O) groups excluding carboxylic acids is 2. The van der Waals surface area contributed by atoms with Crippen molar-refractivity contribution >= 4 is 29.7 Å². The van der Waals surface area contributed by atoms with Crippen LogP contribution < -0.4 is 39.3 Å². The third-order valence-corrected chi connectivity index (χ3v) is 5.18. The van der Waals surface area contributed by atoms with Crippen molar-refractivity contribution in [3.63, 3.8) is 0 Å². The Bertz CT molecular complexity index is 886. The summed E-state index contributed by atoms with van der Waals surface area (Å²) in [5, 5.41) is 14.7. The van der Waals surface area contributed by atoms with Gasteiger partial charge in [-0.05, 0) is 56.6 Å². The fourth-order valence-electron chi connectivity index (χ4n) is 3.29. The average molecular weight is 507 g/mol. The summed E-state index contributed by atoms with van der Waals surface area (Å²) in [5.74, 6) is -2.50. The molecule has 3 atom stereocenters. The number of nitrogens with zero attached hydrogens (tertiary/aromatic N) is 3. The van der Waals surface area contributed by atoms with Gasteiger partial charge in [0.15, 0.2) is 11.9 Å². The molecule has 0 radical (unpaired) electrons. The number of carboxylic acids is 1. The molecule has 0 saturated carbocycles. The molecule has 14 heteroatoms. The first-order chi connectivity index (χ1) is 17.1. The van der Waals surface area contributed by atoms with Crippen LogP contribution in [0.15, 0.2) is 34.5 Å². The Morgan fingerprint density at radius 3 is 2.03 bits per heavy atom. The predicted octanol–water partition coefficient (Wildman–Crippen LogP) is -2.11. The van der Waals surface area contributed by atoms with Crippen LogP contribution >= 0.6 is 0 Å². The van der Waals surface area contributed by atoms with E-state index in [0.717, 1.165) is 5.56 Å². The Morgan fingerprint density at radius 1 is 0.889 bits per heavy atom. The van der Waals surface area contributed by atoms with Gasteiger partial charge in [0.05, 0.1) is 6.04 Å². The zero-order chi connectivity index (χ0) is 26.9. The first-order valence-corrected chi connectivity index (χ1v) is 11.7. The molecule has 0 spiro atoms. The highest BCUT2D eigenvalue weighted by atomic mass is 16.4. The third kappa shape index (κ3) is 13.1. The van der Waals surface area contributed by atoms with Crippen molar-refractivity contribution in [2.24, 2.45) is 38.7 Å². The molecule has 2 amide bonds. The van der Waals surface area contributed by atoms with E-state index in [2.05, 4.69) is 25.6 Å². The first kappa shape index (κ1) is 30.1. The van der Waals surface area contributed by atoms with E-state index >= 15 is 0 Å². The largest absolute Gasteiger partial charge is 0.480 e. The summed E-state index contributed by atoms with van der Waals surface area (Å²) in [7, 11) is 0. The number of aliphatic carboxylic acids is 1. The summed E-state index contributed by atoms with van der Waals surface area (Å²) in [6.45, 7) is 0.542. The lowest BCUT2D eigenvalue weighted by Gasteiger charge is -2.23. The van der Waals surface area contributed by atoms with Gasteiger partial charge >= 0.3 is 5.97 Å². The highest BCUT2D eigenvalue weighted by Gasteiger charge is 2.27. The molecule has 0 aromatic carbocycles. The number of aromatic nitrogens is 1. The number of hydrogen-bond donors (Lipinski definition) is 8. The van der Waals surface area contributed by atoms with Gasteiger partial charge in [-0.25, -0.2) is 4.79 Å². The van der Waals surface area contributed by atoms with Crippen molar-refractivity contribution in [1.82, 2.24) is 15.6 Å². The van der Waals surface area contributed by atoms with Crippen LogP contribution in [0.25, 0.3) is 0 Å². The lowest BCUT2D eigenvalue weighted by molar-refractivity contribution is -0.142. The van der Waals surface area contributed by atoms with E-state index < -0.39 is 35.9 Å². The SMILES string of the molecule is NC(N)=NCCC[C@@H](N)C(=O)N[C@H](CCCc1cccnc1)C(=O)N[C@H](CCCN=C(N)N)C(=O)O. The van der Waals surface area contributed by atoms with E-state index in [1.54, 1.807) is 12.4 Å². The number of hydrogen-bond acceptors (Lipinski definition) is 7. The van der Waals surface area contributed by atoms with Crippen LogP contribution in [0.5, 0.6) is 0 Å². The molecule has 1 aromatic heterocycles. The molecule has 0 fully saturated rings. The van der Waals surface area contributed by atoms with Crippen molar-refractivity contribution in [1.29, 1.82) is 0 Å². The number of pyridine rings is 1. The maximum absolute atomic E-state index is 13.0. The molecule has 0 aliphatic heterocycles. The maximum atomic E-state index is 13.0. The van der Waals surface area contributed by atoms with Gasteiger partial charge in [0.2, 0.25) is 11.8 Å². The molecule has 36 heavy (non-hydrogen) atoms. The topological polar surface area (TPSA) is 263 Å². The molecule has 0 unspecified atom stereocenters. The maximum Gasteiger partial charge on any atom is 0.326 e. The van der Waals surface area contributed by atoms with Gasteiger partial charge in [0.25, 0.3) is 0 Å². The molecule has 1 rings (SSSR count). The van der Waals surface area contributed by atoms with Crippen molar-refractivity contribution in [2.75, 3.05) is 13.1 Å². The van der Waals surface area contributed by atoms with E-state index in [0.29, 0.717) is 38.6 Å². The molecule has 0 aliphatic rings. The second-order valence-electron chi connectivity index (χ2n) is 8.22. The predicted molar refractivity (Wildman–Crippen MR) is 136 cm³/mol. The Balaban J connectivity index is 2.79. The minimum absolute atomic E-state index is 0.0512. The van der Waals surface area contributed by atoms with Gasteiger partial charge < -0.3 is 44.4 Å². The molecule has 0 bridgehead atoms. The fraction of sp³-hybridized carbons (Fsp3) is 0.545. The van der Waals surface area contributed by atoms with E-state index in [4.69, 9.17) is 28.7 Å². The van der Waals surface area contributed by atoms with Gasteiger partial charge in [0, 0.05) is 25.5 Å². The monoisotopic (exact) mass is 506 g/mol. The lowest BCUT2D eigenvalue weighted by Crippen LogP contribution is -2.54. The Labute approximate surface area is 210 Å². The molecule has 1 aromatic rings. The number of rotatable bonds is 17. The fourth-order valence-corrected chi connectivity index (χ4v) is 3.29. The zero-order valence-corrected chi connectivity index (χ0v) is 20.3. The van der Waals surface area contributed by atoms with Crippen molar-refractivity contribution in [2.45, 2.75) is 63.1 Å². The van der Waals surface area contributed by atoms with E-state index in [1.165, 1.54) is 0 Å². The average Bonchev–Trinajstić information content (AvgIpc) is 2.82. The lowest BCUT2D eigenvalue weighted by atomic mass is 10.0. The number of nitrogens with one attached hydrogen (secondary N) is 2. The normalized spacial score (nSPS) is 13.0. The van der Waals surface area contributed by atoms with E-state index in [-0.39, 0.29) is 31.3 Å². The Kier molecular flexibility index (Phi) is 13.9. The third-order valence-electron chi connectivity index (χ3n) is 5.18. The summed E-state index contributed by atoms with van der Waals surface area (Å²) in [5.41, 5.74) is 28.0. The van der Waals surface area contributed by atoms with Crippen LogP contribution in [-0.4, -0.2) is 71.0 Å². The number of aryl methyl sites for hydroxylation is 1. The van der Waals surface area contributed by atoms with Crippen LogP contribution in [-0.2, 0) is 20.8 Å². The number of nitrogens with two attached hydrogens (primary N) is 5. The molecule has 0 saturated heterocycles. The van der Waals surface area contributed by atoms with Crippen LogP contribution in [0.1, 0.15) is 44.1 Å². The Hall–Kier alpha value is -3.94. The van der Waals surface area contributed by atoms with Gasteiger partial charge in [-0.3, -0.25) is 24.6 Å². The van der Waals surface area contributed by atoms with Crippen molar-refractivity contribution in [3.05, 3.63) is 30.1 Å². The van der Waals surface area contributed by atoms with Gasteiger partial charge in [0.1, 0.15) is 12.1 Å². The number of carboxylic acid groups (broad SMARTS) is 1. The molecule has 0 aliphatic carbocycles. The quantitative estimate of drug-likeness (QED) is 0.0647. The standard InChI is InChI=1S/C22H38N10O4/c23-15(7-3-11-29-21(24)25)18(33)31-16(8-1-5-14-6-2-10-28-13-14)19(34)32-17(20(35)36)9-4-12-30-22(26)27/h2,6,10,13,15-17H,1,3-5,7-9,11-12,23H2,(H,31,33)(H,32,34)(H,35,36)(H4,24,25,29)(H4,26,27,30)/t15-,16-,17-/m1/s1. The summed E-state index contributed by atoms with van der Waals surface area (Å²) in [4.78, 5) is 49.0. The first-order valence-electron chi connectivity index (χ1n) is 11.7. The number of carbonyl (C=O) groups is 3. The minimum Gasteiger partial charge on any atom is -0.480 e. The smallest absolute Gasteiger partial charge is 0.326 e. The number of aliphatic imine (C=N–C) groups is 2. The summed E-state index contributed by atoms with van der Waals surface area (Å²) < 4.78 is 0. The van der Waals surface area contributed by atoms with Gasteiger partial charge in [-0.2, -0.15) is 0 Å². The molecular formula is C22H38N10O4. The van der Waals surface area contributed by atoms with Crippen molar-refractivity contribution < 1.29 is 19.5 Å². The molecule has 1 heterocycles. The summed E-state index contributed by atoms with van der Waals surface area (Å²) >= 11 is 0. The highest BCUT2D eigenvalue weighted by Crippen LogP contribution is 2.08.